The van der Waals surface area contributed by atoms with Crippen molar-refractivity contribution in [3.05, 3.63) is 59.1 Å². The third-order valence-corrected chi connectivity index (χ3v) is 3.71. The number of ether oxygens (including phenoxy) is 1. The Labute approximate surface area is 111 Å². The number of hydrogen-bond donors (Lipinski definition) is 0. The number of para-hydroxylation sites is 1. The Kier molecular flexibility index (Phi) is 4.35. The molecule has 0 fully saturated rings. The van der Waals surface area contributed by atoms with Crippen molar-refractivity contribution >= 4 is 23.4 Å². The molecule has 0 spiro atoms. The SMILES string of the molecule is COc1ccccc1CSc1ccc(Cl)cc1. The Hall–Kier alpha value is -1.12. The monoisotopic (exact) mass is 264 g/mol. The van der Waals surface area contributed by atoms with Crippen LogP contribution in [0, 0.1) is 0 Å². The topological polar surface area (TPSA) is 9.23 Å². The predicted octanol–water partition coefficient (Wildman–Crippen LogP) is 4.64. The quantitative estimate of drug-likeness (QED) is 0.744. The molecule has 0 aromatic heterocycles. The summed E-state index contributed by atoms with van der Waals surface area (Å²) in [5.41, 5.74) is 1.20. The Morgan fingerprint density at radius 3 is 2.47 bits per heavy atom. The van der Waals surface area contributed by atoms with E-state index in [9.17, 15) is 0 Å². The summed E-state index contributed by atoms with van der Waals surface area (Å²) in [5, 5.41) is 0.770. The average molecular weight is 265 g/mol. The lowest BCUT2D eigenvalue weighted by molar-refractivity contribution is 0.411. The molecule has 3 heteroatoms. The van der Waals surface area contributed by atoms with Crippen LogP contribution < -0.4 is 4.74 Å². The molecule has 0 aliphatic rings. The van der Waals surface area contributed by atoms with Crippen molar-refractivity contribution in [2.45, 2.75) is 10.6 Å². The molecule has 0 unspecified atom stereocenters. The lowest BCUT2D eigenvalue weighted by Gasteiger charge is -2.07. The summed E-state index contributed by atoms with van der Waals surface area (Å²) in [6.07, 6.45) is 0. The molecule has 2 aromatic rings. The van der Waals surface area contributed by atoms with Crippen molar-refractivity contribution in [2.24, 2.45) is 0 Å². The molecular weight excluding hydrogens is 252 g/mol. The van der Waals surface area contributed by atoms with Crippen LogP contribution in [0.15, 0.2) is 53.4 Å². The molecule has 0 aliphatic heterocycles. The Bertz CT molecular complexity index is 482. The fraction of sp³-hybridized carbons (Fsp3) is 0.143. The van der Waals surface area contributed by atoms with Crippen LogP contribution in [0.5, 0.6) is 5.75 Å². The van der Waals surface area contributed by atoms with Crippen molar-refractivity contribution in [3.8, 4) is 5.75 Å². The van der Waals surface area contributed by atoms with Gasteiger partial charge in [0.05, 0.1) is 7.11 Å². The summed E-state index contributed by atoms with van der Waals surface area (Å²) in [6.45, 7) is 0. The van der Waals surface area contributed by atoms with Crippen LogP contribution in [0.25, 0.3) is 0 Å². The second-order valence-corrected chi connectivity index (χ2v) is 5.04. The van der Waals surface area contributed by atoms with Crippen LogP contribution in [0.4, 0.5) is 0 Å². The van der Waals surface area contributed by atoms with Crippen LogP contribution in [-0.2, 0) is 5.75 Å². The summed E-state index contributed by atoms with van der Waals surface area (Å²) in [6, 6.07) is 16.0. The number of benzene rings is 2. The van der Waals surface area contributed by atoms with Gasteiger partial charge in [-0.05, 0) is 30.3 Å². The van der Waals surface area contributed by atoms with E-state index in [2.05, 4.69) is 6.07 Å². The molecule has 88 valence electrons. The Morgan fingerprint density at radius 1 is 1.06 bits per heavy atom. The van der Waals surface area contributed by atoms with E-state index in [1.165, 1.54) is 10.5 Å². The van der Waals surface area contributed by atoms with E-state index in [1.54, 1.807) is 18.9 Å². The number of hydrogen-bond acceptors (Lipinski definition) is 2. The maximum absolute atomic E-state index is 5.85. The summed E-state index contributed by atoms with van der Waals surface area (Å²) < 4.78 is 5.32. The third-order valence-electron chi connectivity index (χ3n) is 2.40. The molecular formula is C14H13ClOS. The van der Waals surface area contributed by atoms with E-state index in [1.807, 2.05) is 42.5 Å². The van der Waals surface area contributed by atoms with Gasteiger partial charge in [0.25, 0.3) is 0 Å². The Morgan fingerprint density at radius 2 is 1.76 bits per heavy atom. The molecule has 0 N–H and O–H groups in total. The summed E-state index contributed by atoms with van der Waals surface area (Å²) >= 11 is 7.62. The highest BCUT2D eigenvalue weighted by molar-refractivity contribution is 7.98. The van der Waals surface area contributed by atoms with Crippen LogP contribution in [-0.4, -0.2) is 7.11 Å². The minimum Gasteiger partial charge on any atom is -0.496 e. The maximum Gasteiger partial charge on any atom is 0.122 e. The second-order valence-electron chi connectivity index (χ2n) is 3.55. The van der Waals surface area contributed by atoms with Crippen LogP contribution in [0.3, 0.4) is 0 Å². The van der Waals surface area contributed by atoms with E-state index in [4.69, 9.17) is 16.3 Å². The molecule has 0 heterocycles. The van der Waals surface area contributed by atoms with E-state index in [0.29, 0.717) is 0 Å². The molecule has 0 bridgehead atoms. The van der Waals surface area contributed by atoms with Gasteiger partial charge in [0.15, 0.2) is 0 Å². The molecule has 1 nitrogen and oxygen atoms in total. The molecule has 0 aliphatic carbocycles. The minimum atomic E-state index is 0.770. The number of thioether (sulfide) groups is 1. The number of rotatable bonds is 4. The summed E-state index contributed by atoms with van der Waals surface area (Å²) in [7, 11) is 1.70. The molecule has 2 rings (SSSR count). The summed E-state index contributed by atoms with van der Waals surface area (Å²) in [4.78, 5) is 1.21. The highest BCUT2D eigenvalue weighted by Gasteiger charge is 2.02. The van der Waals surface area contributed by atoms with E-state index in [-0.39, 0.29) is 0 Å². The van der Waals surface area contributed by atoms with Gasteiger partial charge in [-0.25, -0.2) is 0 Å². The lowest BCUT2D eigenvalue weighted by Crippen LogP contribution is -1.89. The first-order valence-corrected chi connectivity index (χ1v) is 6.66. The van der Waals surface area contributed by atoms with Crippen LogP contribution in [0.1, 0.15) is 5.56 Å². The van der Waals surface area contributed by atoms with E-state index in [0.717, 1.165) is 16.5 Å². The van der Waals surface area contributed by atoms with Gasteiger partial charge in [-0.1, -0.05) is 29.8 Å². The zero-order chi connectivity index (χ0) is 12.1. The standard InChI is InChI=1S/C14H13ClOS/c1-16-14-5-3-2-4-11(14)10-17-13-8-6-12(15)7-9-13/h2-9H,10H2,1H3. The first kappa shape index (κ1) is 12.3. The van der Waals surface area contributed by atoms with Crippen molar-refractivity contribution in [2.75, 3.05) is 7.11 Å². The molecule has 2 aromatic carbocycles. The smallest absolute Gasteiger partial charge is 0.122 e. The van der Waals surface area contributed by atoms with Crippen molar-refractivity contribution in [1.29, 1.82) is 0 Å². The molecule has 0 atom stereocenters. The highest BCUT2D eigenvalue weighted by Crippen LogP contribution is 2.28. The largest absolute Gasteiger partial charge is 0.496 e. The third kappa shape index (κ3) is 3.42. The predicted molar refractivity (Wildman–Crippen MR) is 74.0 cm³/mol. The maximum atomic E-state index is 5.85. The highest BCUT2D eigenvalue weighted by atomic mass is 35.5. The lowest BCUT2D eigenvalue weighted by atomic mass is 10.2. The van der Waals surface area contributed by atoms with Crippen molar-refractivity contribution in [3.63, 3.8) is 0 Å². The second kappa shape index (κ2) is 5.99. The Balaban J connectivity index is 2.04. The van der Waals surface area contributed by atoms with Crippen LogP contribution in [0.2, 0.25) is 5.02 Å². The molecule has 0 saturated carbocycles. The molecule has 17 heavy (non-hydrogen) atoms. The van der Waals surface area contributed by atoms with Gasteiger partial charge < -0.3 is 4.74 Å². The zero-order valence-electron chi connectivity index (χ0n) is 9.52. The van der Waals surface area contributed by atoms with Crippen molar-refractivity contribution < 1.29 is 4.74 Å². The summed E-state index contributed by atoms with van der Waals surface area (Å²) in [5.74, 6) is 1.83. The van der Waals surface area contributed by atoms with Gasteiger partial charge in [0.2, 0.25) is 0 Å². The normalized spacial score (nSPS) is 10.2. The number of methoxy groups -OCH3 is 1. The van der Waals surface area contributed by atoms with E-state index >= 15 is 0 Å². The van der Waals surface area contributed by atoms with Crippen LogP contribution >= 0.6 is 23.4 Å². The van der Waals surface area contributed by atoms with Gasteiger partial charge in [-0.15, -0.1) is 11.8 Å². The van der Waals surface area contributed by atoms with Gasteiger partial charge in [0, 0.05) is 21.2 Å². The zero-order valence-corrected chi connectivity index (χ0v) is 11.1. The minimum absolute atomic E-state index is 0.770. The average Bonchev–Trinajstić information content (AvgIpc) is 2.38. The van der Waals surface area contributed by atoms with E-state index < -0.39 is 0 Å². The molecule has 0 saturated heterocycles. The van der Waals surface area contributed by atoms with Gasteiger partial charge in [-0.2, -0.15) is 0 Å². The molecule has 0 amide bonds. The number of halogens is 1. The van der Waals surface area contributed by atoms with Gasteiger partial charge in [0.1, 0.15) is 5.75 Å². The first-order valence-electron chi connectivity index (χ1n) is 5.30. The first-order chi connectivity index (χ1) is 8.29. The molecule has 0 radical (unpaired) electrons. The van der Waals surface area contributed by atoms with Crippen molar-refractivity contribution in [1.82, 2.24) is 0 Å². The van der Waals surface area contributed by atoms with Gasteiger partial charge >= 0.3 is 0 Å². The van der Waals surface area contributed by atoms with Gasteiger partial charge in [-0.3, -0.25) is 0 Å². The fourth-order valence-electron chi connectivity index (χ4n) is 1.51. The fourth-order valence-corrected chi connectivity index (χ4v) is 2.53.